The summed E-state index contributed by atoms with van der Waals surface area (Å²) in [6, 6.07) is 0. The molecule has 0 saturated carbocycles. The largest absolute Gasteiger partial charge is 0.396 e. The first kappa shape index (κ1) is 13.2. The fraction of sp³-hybridized carbons (Fsp3) is 0.545. The number of nitrogens with zero attached hydrogens (tertiary/aromatic N) is 1. The molecule has 0 amide bonds. The first-order chi connectivity index (χ1) is 6.20. The van der Waals surface area contributed by atoms with Crippen LogP contribution in [0.2, 0.25) is 18.1 Å². The van der Waals surface area contributed by atoms with Crippen LogP contribution in [-0.2, 0) is 0 Å². The summed E-state index contributed by atoms with van der Waals surface area (Å²) in [7, 11) is -1.52. The van der Waals surface area contributed by atoms with Crippen molar-refractivity contribution >= 4 is 14.5 Å². The van der Waals surface area contributed by atoms with Crippen LogP contribution in [0.25, 0.3) is 0 Å². The molecule has 14 heavy (non-hydrogen) atoms. The second-order valence-corrected chi connectivity index (χ2v) is 9.96. The van der Waals surface area contributed by atoms with Gasteiger partial charge in [0.2, 0.25) is 0 Å². The van der Waals surface area contributed by atoms with E-state index in [1.807, 2.05) is 0 Å². The van der Waals surface area contributed by atoms with Crippen LogP contribution in [0, 0.1) is 0 Å². The highest BCUT2D eigenvalue weighted by molar-refractivity contribution is 6.78. The summed E-state index contributed by atoms with van der Waals surface area (Å²) in [6.45, 7) is 18.7. The number of rotatable bonds is 4. The Hall–Kier alpha value is -0.833. The molecule has 0 heterocycles. The lowest BCUT2D eigenvalue weighted by atomic mass is 10.2. The average molecular weight is 210 g/mol. The summed E-state index contributed by atoms with van der Waals surface area (Å²) in [6.07, 6.45) is 3.31. The highest BCUT2D eigenvalue weighted by Gasteiger charge is 2.35. The second-order valence-electron chi connectivity index (χ2n) is 4.96. The minimum atomic E-state index is -1.52. The third kappa shape index (κ3) is 3.92. The fourth-order valence-corrected chi connectivity index (χ4v) is 1.88. The van der Waals surface area contributed by atoms with Gasteiger partial charge in [-0.1, -0.05) is 53.1 Å². The molecule has 2 nitrogen and oxygen atoms in total. The Morgan fingerprint density at radius 2 is 1.86 bits per heavy atom. The molecule has 80 valence electrons. The van der Waals surface area contributed by atoms with Crippen LogP contribution in [0.4, 0.5) is 0 Å². The summed E-state index contributed by atoms with van der Waals surface area (Å²) in [5.41, 5.74) is 0. The van der Waals surface area contributed by atoms with E-state index in [2.05, 4.69) is 57.0 Å². The van der Waals surface area contributed by atoms with E-state index in [-0.39, 0.29) is 0 Å². The van der Waals surface area contributed by atoms with Crippen LogP contribution in [0.1, 0.15) is 20.8 Å². The molecule has 3 heteroatoms. The zero-order valence-corrected chi connectivity index (χ0v) is 11.0. The smallest absolute Gasteiger partial charge is 0.154 e. The number of hydrogen-bond acceptors (Lipinski definition) is 2. The Kier molecular flexibility index (Phi) is 4.32. The van der Waals surface area contributed by atoms with Crippen LogP contribution >= 0.6 is 0 Å². The van der Waals surface area contributed by atoms with Crippen LogP contribution in [0.5, 0.6) is 0 Å². The lowest BCUT2D eigenvalue weighted by Crippen LogP contribution is -2.51. The van der Waals surface area contributed by atoms with Crippen molar-refractivity contribution in [2.24, 2.45) is 4.99 Å². The van der Waals surface area contributed by atoms with E-state index in [0.29, 0.717) is 5.04 Å². The molecular formula is C11H22N2Si. The predicted octanol–water partition coefficient (Wildman–Crippen LogP) is 3.31. The van der Waals surface area contributed by atoms with Gasteiger partial charge in [0.1, 0.15) is 5.82 Å². The van der Waals surface area contributed by atoms with Gasteiger partial charge in [0.25, 0.3) is 0 Å². The van der Waals surface area contributed by atoms with Gasteiger partial charge in [0, 0.05) is 6.21 Å². The van der Waals surface area contributed by atoms with E-state index in [0.717, 1.165) is 5.82 Å². The molecule has 0 spiro atoms. The van der Waals surface area contributed by atoms with Gasteiger partial charge in [0.15, 0.2) is 8.24 Å². The molecular weight excluding hydrogens is 188 g/mol. The first-order valence-electron chi connectivity index (χ1n) is 4.83. The van der Waals surface area contributed by atoms with Gasteiger partial charge >= 0.3 is 0 Å². The monoisotopic (exact) mass is 210 g/mol. The molecule has 0 fully saturated rings. The SMILES string of the molecule is C=C/C=N\C(=C)N[Si](C)(C)C(C)(C)C. The van der Waals surface area contributed by atoms with Crippen LogP contribution in [0.15, 0.2) is 30.0 Å². The molecule has 0 aliphatic rings. The zero-order chi connectivity index (χ0) is 11.4. The molecule has 0 unspecified atom stereocenters. The van der Waals surface area contributed by atoms with Gasteiger partial charge < -0.3 is 4.98 Å². The minimum Gasteiger partial charge on any atom is -0.396 e. The maximum Gasteiger partial charge on any atom is 0.154 e. The maximum absolute atomic E-state index is 4.13. The van der Waals surface area contributed by atoms with Crippen LogP contribution in [-0.4, -0.2) is 14.5 Å². The Labute approximate surface area is 88.9 Å². The van der Waals surface area contributed by atoms with Crippen molar-refractivity contribution in [2.45, 2.75) is 38.9 Å². The Balaban J connectivity index is 4.44. The third-order valence-electron chi connectivity index (χ3n) is 2.67. The zero-order valence-electron chi connectivity index (χ0n) is 10.0. The van der Waals surface area contributed by atoms with Crippen molar-refractivity contribution in [1.29, 1.82) is 0 Å². The van der Waals surface area contributed by atoms with E-state index in [4.69, 9.17) is 0 Å². The predicted molar refractivity (Wildman–Crippen MR) is 68.2 cm³/mol. The maximum atomic E-state index is 4.13. The summed E-state index contributed by atoms with van der Waals surface area (Å²) in [5, 5.41) is 0.291. The van der Waals surface area contributed by atoms with Crippen molar-refractivity contribution in [2.75, 3.05) is 0 Å². The Morgan fingerprint density at radius 1 is 1.36 bits per heavy atom. The van der Waals surface area contributed by atoms with Crippen molar-refractivity contribution in [3.63, 3.8) is 0 Å². The molecule has 0 aromatic heterocycles. The molecule has 0 rings (SSSR count). The molecule has 0 aromatic carbocycles. The molecule has 0 aliphatic heterocycles. The standard InChI is InChI=1S/C11H22N2Si/c1-8-9-12-10(2)13-14(6,7)11(3,4)5/h8-9,13H,1-2H2,3-7H3/b12-9-. The van der Waals surface area contributed by atoms with E-state index >= 15 is 0 Å². The third-order valence-corrected chi connectivity index (χ3v) is 7.33. The van der Waals surface area contributed by atoms with E-state index in [1.54, 1.807) is 12.3 Å². The van der Waals surface area contributed by atoms with Crippen LogP contribution < -0.4 is 4.98 Å². The van der Waals surface area contributed by atoms with E-state index < -0.39 is 8.24 Å². The number of hydrogen-bond donors (Lipinski definition) is 1. The molecule has 0 aromatic rings. The average Bonchev–Trinajstić information content (AvgIpc) is 1.97. The van der Waals surface area contributed by atoms with Crippen molar-refractivity contribution in [3.05, 3.63) is 25.1 Å². The second kappa shape index (κ2) is 4.60. The molecule has 0 bridgehead atoms. The summed E-state index contributed by atoms with van der Waals surface area (Å²) in [5.74, 6) is 0.733. The van der Waals surface area contributed by atoms with Crippen LogP contribution in [0.3, 0.4) is 0 Å². The van der Waals surface area contributed by atoms with E-state index in [1.165, 1.54) is 0 Å². The van der Waals surface area contributed by atoms with Gasteiger partial charge in [-0.2, -0.15) is 0 Å². The van der Waals surface area contributed by atoms with Crippen molar-refractivity contribution < 1.29 is 0 Å². The molecule has 0 radical (unpaired) electrons. The molecule has 0 saturated heterocycles. The topological polar surface area (TPSA) is 24.4 Å². The molecule has 1 N–H and O–H groups in total. The minimum absolute atomic E-state index is 0.291. The summed E-state index contributed by atoms with van der Waals surface area (Å²) < 4.78 is 0. The first-order valence-corrected chi connectivity index (χ1v) is 7.83. The number of allylic oxidation sites excluding steroid dienone is 1. The van der Waals surface area contributed by atoms with Gasteiger partial charge in [-0.3, -0.25) is 0 Å². The van der Waals surface area contributed by atoms with Gasteiger partial charge in [-0.25, -0.2) is 4.99 Å². The fourth-order valence-electron chi connectivity index (χ4n) is 0.723. The van der Waals surface area contributed by atoms with Gasteiger partial charge in [0.05, 0.1) is 0 Å². The normalized spacial score (nSPS) is 12.9. The summed E-state index contributed by atoms with van der Waals surface area (Å²) >= 11 is 0. The Morgan fingerprint density at radius 3 is 2.21 bits per heavy atom. The van der Waals surface area contributed by atoms with Gasteiger partial charge in [-0.05, 0) is 5.04 Å². The molecule has 0 aliphatic carbocycles. The highest BCUT2D eigenvalue weighted by Crippen LogP contribution is 2.34. The van der Waals surface area contributed by atoms with Crippen molar-refractivity contribution in [1.82, 2.24) is 4.98 Å². The van der Waals surface area contributed by atoms with Gasteiger partial charge in [-0.15, -0.1) is 0 Å². The lowest BCUT2D eigenvalue weighted by molar-refractivity contribution is 0.700. The lowest BCUT2D eigenvalue weighted by Gasteiger charge is -2.37. The number of nitrogens with one attached hydrogen (secondary N) is 1. The Bertz CT molecular complexity index is 247. The highest BCUT2D eigenvalue weighted by atomic mass is 28.3. The molecule has 0 atom stereocenters. The van der Waals surface area contributed by atoms with E-state index in [9.17, 15) is 0 Å². The number of aliphatic imine (C=N–C) groups is 1. The summed E-state index contributed by atoms with van der Waals surface area (Å²) in [4.78, 5) is 7.56. The quantitative estimate of drug-likeness (QED) is 0.559. The van der Waals surface area contributed by atoms with Crippen molar-refractivity contribution in [3.8, 4) is 0 Å².